The minimum Gasteiger partial charge on any atom is -0.255 e. The minimum atomic E-state index is -0.300. The van der Waals surface area contributed by atoms with Crippen molar-refractivity contribution in [2.75, 3.05) is 0 Å². The van der Waals surface area contributed by atoms with Crippen LogP contribution in [0.1, 0.15) is 5.82 Å². The Morgan fingerprint density at radius 1 is 1.28 bits per heavy atom. The number of pyridine rings is 1. The van der Waals surface area contributed by atoms with Gasteiger partial charge in [0.15, 0.2) is 5.82 Å². The second kappa shape index (κ2) is 3.87. The SMILES string of the molecule is Cc1nc(-c2cc(F)cc3cccnc23)n(C)n1. The maximum atomic E-state index is 13.6. The average molecular weight is 242 g/mol. The standard InChI is InChI=1S/C13H11FN4/c1-8-16-13(18(2)17-8)11-7-10(14)6-9-4-3-5-15-12(9)11/h3-7H,1-2H3. The number of aromatic nitrogens is 4. The lowest BCUT2D eigenvalue weighted by Crippen LogP contribution is -1.96. The molecule has 0 aliphatic heterocycles. The van der Waals surface area contributed by atoms with Crippen molar-refractivity contribution in [2.24, 2.45) is 7.05 Å². The highest BCUT2D eigenvalue weighted by Crippen LogP contribution is 2.26. The fourth-order valence-corrected chi connectivity index (χ4v) is 2.07. The van der Waals surface area contributed by atoms with Crippen LogP contribution in [0.3, 0.4) is 0 Å². The molecule has 5 heteroatoms. The topological polar surface area (TPSA) is 43.6 Å². The van der Waals surface area contributed by atoms with Gasteiger partial charge >= 0.3 is 0 Å². The van der Waals surface area contributed by atoms with E-state index in [1.54, 1.807) is 30.9 Å². The number of nitrogens with zero attached hydrogens (tertiary/aromatic N) is 4. The fraction of sp³-hybridized carbons (Fsp3) is 0.154. The summed E-state index contributed by atoms with van der Waals surface area (Å²) in [5, 5.41) is 4.94. The highest BCUT2D eigenvalue weighted by atomic mass is 19.1. The van der Waals surface area contributed by atoms with E-state index in [1.807, 2.05) is 6.07 Å². The Hall–Kier alpha value is -2.30. The largest absolute Gasteiger partial charge is 0.255 e. The van der Waals surface area contributed by atoms with E-state index < -0.39 is 0 Å². The Balaban J connectivity index is 2.38. The molecule has 18 heavy (non-hydrogen) atoms. The van der Waals surface area contributed by atoms with E-state index in [-0.39, 0.29) is 5.82 Å². The van der Waals surface area contributed by atoms with Crippen LogP contribution in [0, 0.1) is 12.7 Å². The number of rotatable bonds is 1. The first-order valence-electron chi connectivity index (χ1n) is 5.57. The number of aryl methyl sites for hydroxylation is 2. The van der Waals surface area contributed by atoms with Gasteiger partial charge in [-0.15, -0.1) is 0 Å². The number of halogens is 1. The number of hydrogen-bond donors (Lipinski definition) is 0. The third-order valence-corrected chi connectivity index (χ3v) is 2.78. The monoisotopic (exact) mass is 242 g/mol. The van der Waals surface area contributed by atoms with Gasteiger partial charge in [-0.3, -0.25) is 4.98 Å². The molecular weight excluding hydrogens is 231 g/mol. The van der Waals surface area contributed by atoms with E-state index in [4.69, 9.17) is 0 Å². The predicted molar refractivity (Wildman–Crippen MR) is 66.4 cm³/mol. The molecule has 0 amide bonds. The summed E-state index contributed by atoms with van der Waals surface area (Å²) < 4.78 is 15.3. The van der Waals surface area contributed by atoms with Gasteiger partial charge in [-0.25, -0.2) is 14.1 Å². The molecule has 2 aromatic heterocycles. The lowest BCUT2D eigenvalue weighted by Gasteiger charge is -2.05. The molecule has 4 nitrogen and oxygen atoms in total. The van der Waals surface area contributed by atoms with Crippen molar-refractivity contribution < 1.29 is 4.39 Å². The molecule has 0 aliphatic carbocycles. The van der Waals surface area contributed by atoms with Crippen molar-refractivity contribution in [3.63, 3.8) is 0 Å². The predicted octanol–water partition coefficient (Wildman–Crippen LogP) is 2.48. The minimum absolute atomic E-state index is 0.300. The summed E-state index contributed by atoms with van der Waals surface area (Å²) >= 11 is 0. The first-order valence-corrected chi connectivity index (χ1v) is 5.57. The van der Waals surface area contributed by atoms with Crippen LogP contribution in [0.2, 0.25) is 0 Å². The quantitative estimate of drug-likeness (QED) is 0.658. The Morgan fingerprint density at radius 3 is 2.83 bits per heavy atom. The van der Waals surface area contributed by atoms with Crippen molar-refractivity contribution in [3.05, 3.63) is 42.1 Å². The summed E-state index contributed by atoms with van der Waals surface area (Å²) in [5.41, 5.74) is 1.39. The second-order valence-corrected chi connectivity index (χ2v) is 4.13. The molecule has 3 rings (SSSR count). The zero-order valence-corrected chi connectivity index (χ0v) is 10.1. The number of hydrogen-bond acceptors (Lipinski definition) is 3. The van der Waals surface area contributed by atoms with Gasteiger partial charge in [-0.05, 0) is 25.1 Å². The Labute approximate surface area is 103 Å². The van der Waals surface area contributed by atoms with Gasteiger partial charge in [-0.2, -0.15) is 5.10 Å². The first kappa shape index (κ1) is 10.8. The lowest BCUT2D eigenvalue weighted by atomic mass is 10.1. The van der Waals surface area contributed by atoms with E-state index in [9.17, 15) is 4.39 Å². The normalized spacial score (nSPS) is 11.1. The van der Waals surface area contributed by atoms with Gasteiger partial charge in [-0.1, -0.05) is 6.07 Å². The van der Waals surface area contributed by atoms with Crippen LogP contribution >= 0.6 is 0 Å². The van der Waals surface area contributed by atoms with Crippen molar-refractivity contribution in [2.45, 2.75) is 6.92 Å². The maximum absolute atomic E-state index is 13.6. The Morgan fingerprint density at radius 2 is 2.11 bits per heavy atom. The van der Waals surface area contributed by atoms with Crippen LogP contribution in [0.15, 0.2) is 30.5 Å². The molecule has 0 atom stereocenters. The van der Waals surface area contributed by atoms with Crippen molar-refractivity contribution in [1.29, 1.82) is 0 Å². The highest BCUT2D eigenvalue weighted by molar-refractivity contribution is 5.91. The van der Waals surface area contributed by atoms with E-state index >= 15 is 0 Å². The summed E-state index contributed by atoms with van der Waals surface area (Å²) in [4.78, 5) is 8.62. The Bertz CT molecular complexity index is 733. The van der Waals surface area contributed by atoms with E-state index in [2.05, 4.69) is 15.1 Å². The number of benzene rings is 1. The van der Waals surface area contributed by atoms with E-state index in [0.29, 0.717) is 17.2 Å². The molecule has 0 aliphatic rings. The summed E-state index contributed by atoms with van der Waals surface area (Å²) in [6.45, 7) is 1.80. The van der Waals surface area contributed by atoms with E-state index in [1.165, 1.54) is 12.1 Å². The average Bonchev–Trinajstić information content (AvgIpc) is 2.67. The molecule has 0 saturated heterocycles. The van der Waals surface area contributed by atoms with Gasteiger partial charge in [0.2, 0.25) is 0 Å². The smallest absolute Gasteiger partial charge is 0.160 e. The van der Waals surface area contributed by atoms with Gasteiger partial charge in [0, 0.05) is 24.2 Å². The lowest BCUT2D eigenvalue weighted by molar-refractivity contribution is 0.629. The summed E-state index contributed by atoms with van der Waals surface area (Å²) in [7, 11) is 1.79. The van der Waals surface area contributed by atoms with Crippen LogP contribution in [-0.2, 0) is 7.05 Å². The zero-order chi connectivity index (χ0) is 12.7. The molecule has 0 fully saturated rings. The van der Waals surface area contributed by atoms with Crippen LogP contribution in [0.4, 0.5) is 4.39 Å². The molecule has 1 aromatic carbocycles. The summed E-state index contributed by atoms with van der Waals surface area (Å²) in [6, 6.07) is 6.53. The number of fused-ring (bicyclic) bond motifs is 1. The molecule has 3 aromatic rings. The molecule has 0 N–H and O–H groups in total. The zero-order valence-electron chi connectivity index (χ0n) is 10.1. The Kier molecular flexibility index (Phi) is 2.33. The maximum Gasteiger partial charge on any atom is 0.160 e. The van der Waals surface area contributed by atoms with Crippen LogP contribution in [0.5, 0.6) is 0 Å². The molecule has 0 radical (unpaired) electrons. The molecular formula is C13H11FN4. The first-order chi connectivity index (χ1) is 8.65. The summed E-state index contributed by atoms with van der Waals surface area (Å²) in [5.74, 6) is 0.975. The molecule has 0 bridgehead atoms. The van der Waals surface area contributed by atoms with Crippen LogP contribution < -0.4 is 0 Å². The van der Waals surface area contributed by atoms with E-state index in [0.717, 1.165) is 10.9 Å². The van der Waals surface area contributed by atoms with Crippen molar-refractivity contribution >= 4 is 10.9 Å². The van der Waals surface area contributed by atoms with Crippen molar-refractivity contribution in [1.82, 2.24) is 19.7 Å². The molecule has 0 spiro atoms. The second-order valence-electron chi connectivity index (χ2n) is 4.13. The highest BCUT2D eigenvalue weighted by Gasteiger charge is 2.13. The third-order valence-electron chi connectivity index (χ3n) is 2.78. The van der Waals surface area contributed by atoms with Gasteiger partial charge in [0.05, 0.1) is 5.52 Å². The van der Waals surface area contributed by atoms with Crippen molar-refractivity contribution in [3.8, 4) is 11.4 Å². The fourth-order valence-electron chi connectivity index (χ4n) is 2.07. The molecule has 0 saturated carbocycles. The van der Waals surface area contributed by atoms with Crippen LogP contribution in [0.25, 0.3) is 22.3 Å². The molecule has 2 heterocycles. The molecule has 0 unspecified atom stereocenters. The molecule has 90 valence electrons. The van der Waals surface area contributed by atoms with Gasteiger partial charge < -0.3 is 0 Å². The summed E-state index contributed by atoms with van der Waals surface area (Å²) in [6.07, 6.45) is 1.69. The third kappa shape index (κ3) is 1.64. The van der Waals surface area contributed by atoms with Gasteiger partial charge in [0.25, 0.3) is 0 Å². The van der Waals surface area contributed by atoms with Crippen LogP contribution in [-0.4, -0.2) is 19.7 Å². The van der Waals surface area contributed by atoms with Gasteiger partial charge in [0.1, 0.15) is 11.6 Å².